The maximum Gasteiger partial charge on any atom is 0.329 e. The van der Waals surface area contributed by atoms with Crippen molar-refractivity contribution in [2.75, 3.05) is 5.32 Å². The zero-order chi connectivity index (χ0) is 17.6. The first-order valence-corrected chi connectivity index (χ1v) is 8.30. The Kier molecular flexibility index (Phi) is 5.20. The first kappa shape index (κ1) is 16.9. The lowest BCUT2D eigenvalue weighted by Gasteiger charge is -2.04. The molecule has 5 nitrogen and oxygen atoms in total. The minimum absolute atomic E-state index is 0.529. The topological polar surface area (TPSA) is 70.6 Å². The standard InChI is InChI=1S/C19H14BrN3O2/c20-16-7-9-17(10-8-16)22-18(24)19(25)23-21-12-13-5-6-14-3-1-2-4-15(14)11-13/h1-12H,(H,22,24)(H,23,25). The Labute approximate surface area is 152 Å². The minimum atomic E-state index is -0.833. The third-order valence-corrected chi connectivity index (χ3v) is 3.99. The smallest absolute Gasteiger partial charge is 0.318 e. The summed E-state index contributed by atoms with van der Waals surface area (Å²) in [5.74, 6) is -1.61. The Bertz CT molecular complexity index is 952. The average molecular weight is 396 g/mol. The molecule has 0 heterocycles. The lowest BCUT2D eigenvalue weighted by molar-refractivity contribution is -0.136. The van der Waals surface area contributed by atoms with E-state index in [0.717, 1.165) is 20.8 Å². The first-order valence-electron chi connectivity index (χ1n) is 7.50. The number of fused-ring (bicyclic) bond motifs is 1. The molecule has 6 heteroatoms. The van der Waals surface area contributed by atoms with Crippen LogP contribution in [-0.2, 0) is 9.59 Å². The molecular formula is C19H14BrN3O2. The molecule has 2 N–H and O–H groups in total. The Hall–Kier alpha value is -2.99. The summed E-state index contributed by atoms with van der Waals surface area (Å²) >= 11 is 3.30. The quantitative estimate of drug-likeness (QED) is 0.403. The number of amides is 2. The van der Waals surface area contributed by atoms with Gasteiger partial charge in [0, 0.05) is 10.2 Å². The van der Waals surface area contributed by atoms with Crippen LogP contribution in [0.4, 0.5) is 5.69 Å². The molecule has 0 saturated heterocycles. The lowest BCUT2D eigenvalue weighted by atomic mass is 10.1. The van der Waals surface area contributed by atoms with Gasteiger partial charge >= 0.3 is 11.8 Å². The number of carbonyl (C=O) groups is 2. The molecule has 0 fully saturated rings. The number of anilines is 1. The fourth-order valence-corrected chi connectivity index (χ4v) is 2.49. The van der Waals surface area contributed by atoms with Crippen molar-refractivity contribution in [3.63, 3.8) is 0 Å². The summed E-state index contributed by atoms with van der Waals surface area (Å²) in [5.41, 5.74) is 3.58. The van der Waals surface area contributed by atoms with Crippen molar-refractivity contribution in [1.29, 1.82) is 0 Å². The molecule has 25 heavy (non-hydrogen) atoms. The van der Waals surface area contributed by atoms with Gasteiger partial charge in [-0.1, -0.05) is 52.3 Å². The van der Waals surface area contributed by atoms with Gasteiger partial charge in [0.2, 0.25) is 0 Å². The van der Waals surface area contributed by atoms with Crippen molar-refractivity contribution in [3.8, 4) is 0 Å². The molecule has 0 unspecified atom stereocenters. The Balaban J connectivity index is 1.59. The predicted octanol–water partition coefficient (Wildman–Crippen LogP) is 3.69. The number of hydrogen-bond donors (Lipinski definition) is 2. The van der Waals surface area contributed by atoms with E-state index >= 15 is 0 Å². The maximum absolute atomic E-state index is 11.8. The van der Waals surface area contributed by atoms with Gasteiger partial charge in [-0.15, -0.1) is 0 Å². The van der Waals surface area contributed by atoms with Crippen molar-refractivity contribution >= 4 is 50.4 Å². The molecule has 0 aliphatic heterocycles. The second kappa shape index (κ2) is 7.72. The van der Waals surface area contributed by atoms with Gasteiger partial charge in [-0.2, -0.15) is 5.10 Å². The highest BCUT2D eigenvalue weighted by molar-refractivity contribution is 9.10. The van der Waals surface area contributed by atoms with E-state index in [0.29, 0.717) is 5.69 Å². The van der Waals surface area contributed by atoms with Crippen LogP contribution < -0.4 is 10.7 Å². The molecule has 0 aromatic heterocycles. The zero-order valence-electron chi connectivity index (χ0n) is 13.1. The summed E-state index contributed by atoms with van der Waals surface area (Å²) in [7, 11) is 0. The molecule has 0 bridgehead atoms. The number of carbonyl (C=O) groups excluding carboxylic acids is 2. The highest BCUT2D eigenvalue weighted by atomic mass is 79.9. The first-order chi connectivity index (χ1) is 12.1. The van der Waals surface area contributed by atoms with Crippen LogP contribution in [0.3, 0.4) is 0 Å². The summed E-state index contributed by atoms with van der Waals surface area (Å²) in [6.45, 7) is 0. The lowest BCUT2D eigenvalue weighted by Crippen LogP contribution is -2.32. The summed E-state index contributed by atoms with van der Waals surface area (Å²) in [6.07, 6.45) is 1.50. The van der Waals surface area contributed by atoms with Gasteiger partial charge in [0.1, 0.15) is 0 Å². The second-order valence-electron chi connectivity index (χ2n) is 5.27. The number of halogens is 1. The highest BCUT2D eigenvalue weighted by Crippen LogP contribution is 2.15. The zero-order valence-corrected chi connectivity index (χ0v) is 14.7. The van der Waals surface area contributed by atoms with Crippen molar-refractivity contribution in [1.82, 2.24) is 5.43 Å². The normalized spacial score (nSPS) is 10.8. The maximum atomic E-state index is 11.8. The average Bonchev–Trinajstić information content (AvgIpc) is 2.63. The molecule has 0 saturated carbocycles. The molecular weight excluding hydrogens is 382 g/mol. The Morgan fingerprint density at radius 1 is 0.880 bits per heavy atom. The summed E-state index contributed by atoms with van der Waals surface area (Å²) < 4.78 is 0.884. The van der Waals surface area contributed by atoms with Crippen LogP contribution in [-0.4, -0.2) is 18.0 Å². The summed E-state index contributed by atoms with van der Waals surface area (Å²) in [4.78, 5) is 23.6. The highest BCUT2D eigenvalue weighted by Gasteiger charge is 2.12. The van der Waals surface area contributed by atoms with Crippen LogP contribution in [0.25, 0.3) is 10.8 Å². The van der Waals surface area contributed by atoms with Crippen LogP contribution >= 0.6 is 15.9 Å². The minimum Gasteiger partial charge on any atom is -0.318 e. The van der Waals surface area contributed by atoms with Crippen molar-refractivity contribution < 1.29 is 9.59 Å². The number of benzene rings is 3. The molecule has 0 radical (unpaired) electrons. The monoisotopic (exact) mass is 395 g/mol. The van der Waals surface area contributed by atoms with Gasteiger partial charge in [0.15, 0.2) is 0 Å². The molecule has 124 valence electrons. The molecule has 3 aromatic carbocycles. The molecule has 0 spiro atoms. The van der Waals surface area contributed by atoms with Gasteiger partial charge < -0.3 is 5.32 Å². The number of rotatable bonds is 3. The Morgan fingerprint density at radius 2 is 1.60 bits per heavy atom. The fraction of sp³-hybridized carbons (Fsp3) is 0. The van der Waals surface area contributed by atoms with Gasteiger partial charge in [-0.25, -0.2) is 5.43 Å². The molecule has 0 atom stereocenters. The second-order valence-corrected chi connectivity index (χ2v) is 6.18. The third kappa shape index (κ3) is 4.51. The molecule has 2 amide bonds. The van der Waals surface area contributed by atoms with Gasteiger partial charge in [-0.05, 0) is 46.7 Å². The van der Waals surface area contributed by atoms with E-state index in [-0.39, 0.29) is 0 Å². The van der Waals surface area contributed by atoms with Gasteiger partial charge in [0.25, 0.3) is 0 Å². The summed E-state index contributed by atoms with van der Waals surface area (Å²) in [5, 5.41) is 8.53. The number of hydrogen-bond acceptors (Lipinski definition) is 3. The Morgan fingerprint density at radius 3 is 2.36 bits per heavy atom. The van der Waals surface area contributed by atoms with Gasteiger partial charge in [0.05, 0.1) is 6.21 Å². The van der Waals surface area contributed by atoms with E-state index < -0.39 is 11.8 Å². The van der Waals surface area contributed by atoms with E-state index in [1.54, 1.807) is 24.3 Å². The van der Waals surface area contributed by atoms with E-state index in [4.69, 9.17) is 0 Å². The van der Waals surface area contributed by atoms with Crippen LogP contribution in [0.5, 0.6) is 0 Å². The van der Waals surface area contributed by atoms with Gasteiger partial charge in [-0.3, -0.25) is 9.59 Å². The van der Waals surface area contributed by atoms with Crippen molar-refractivity contribution in [3.05, 3.63) is 76.8 Å². The van der Waals surface area contributed by atoms with Crippen LogP contribution in [0.15, 0.2) is 76.3 Å². The van der Waals surface area contributed by atoms with E-state index in [9.17, 15) is 9.59 Å². The molecule has 0 aliphatic rings. The third-order valence-electron chi connectivity index (χ3n) is 3.46. The van der Waals surface area contributed by atoms with Crippen molar-refractivity contribution in [2.24, 2.45) is 5.10 Å². The number of nitrogens with one attached hydrogen (secondary N) is 2. The molecule has 3 rings (SSSR count). The largest absolute Gasteiger partial charge is 0.329 e. The predicted molar refractivity (Wildman–Crippen MR) is 102 cm³/mol. The molecule has 0 aliphatic carbocycles. The van der Waals surface area contributed by atoms with Crippen molar-refractivity contribution in [2.45, 2.75) is 0 Å². The van der Waals surface area contributed by atoms with E-state index in [1.807, 2.05) is 42.5 Å². The molecule has 3 aromatic rings. The SMILES string of the molecule is O=C(NN=Cc1ccc2ccccc2c1)C(=O)Nc1ccc(Br)cc1. The van der Waals surface area contributed by atoms with Crippen LogP contribution in [0.1, 0.15) is 5.56 Å². The summed E-state index contributed by atoms with van der Waals surface area (Å²) in [6, 6.07) is 20.7. The van der Waals surface area contributed by atoms with Crippen LogP contribution in [0.2, 0.25) is 0 Å². The fourth-order valence-electron chi connectivity index (χ4n) is 2.23. The number of hydrazone groups is 1. The number of nitrogens with zero attached hydrogens (tertiary/aromatic N) is 1. The van der Waals surface area contributed by atoms with E-state index in [2.05, 4.69) is 31.8 Å². The van der Waals surface area contributed by atoms with Crippen LogP contribution in [0, 0.1) is 0 Å². The van der Waals surface area contributed by atoms with E-state index in [1.165, 1.54) is 6.21 Å².